The molecule has 3 aromatic rings. The molecule has 0 radical (unpaired) electrons. The van der Waals surface area contributed by atoms with Gasteiger partial charge in [0.1, 0.15) is 5.70 Å². The third-order valence-corrected chi connectivity index (χ3v) is 5.94. The van der Waals surface area contributed by atoms with Crippen LogP contribution in [0.25, 0.3) is 5.70 Å². The normalized spacial score (nSPS) is 17.8. The smallest absolute Gasteiger partial charge is 0.276 e. The summed E-state index contributed by atoms with van der Waals surface area (Å²) >= 11 is 4.82. The Hall–Kier alpha value is -2.84. The van der Waals surface area contributed by atoms with Crippen LogP contribution in [0.15, 0.2) is 85.9 Å². The number of halogens is 1. The Morgan fingerprint density at radius 3 is 2.66 bits per heavy atom. The summed E-state index contributed by atoms with van der Waals surface area (Å²) in [6.07, 6.45) is -0.551. The molecule has 0 fully saturated rings. The first-order valence-electron chi connectivity index (χ1n) is 8.97. The molecule has 1 unspecified atom stereocenters. The molecule has 5 rings (SSSR count). The number of hydrogen-bond acceptors (Lipinski definition) is 6. The zero-order valence-electron chi connectivity index (χ0n) is 15.1. The molecule has 0 saturated heterocycles. The van der Waals surface area contributed by atoms with Gasteiger partial charge in [-0.05, 0) is 39.7 Å². The van der Waals surface area contributed by atoms with E-state index in [0.717, 1.165) is 16.1 Å². The Bertz CT molecular complexity index is 1240. The molecule has 8 heteroatoms. The molecule has 6 nitrogen and oxygen atoms in total. The molecule has 1 N–H and O–H groups in total. The van der Waals surface area contributed by atoms with Crippen LogP contribution in [-0.2, 0) is 10.5 Å². The van der Waals surface area contributed by atoms with E-state index >= 15 is 0 Å². The van der Waals surface area contributed by atoms with Gasteiger partial charge in [-0.25, -0.2) is 10.0 Å². The van der Waals surface area contributed by atoms with Gasteiger partial charge in [-0.2, -0.15) is 0 Å². The fraction of sp³-hybridized carbons (Fsp3) is 0.0952. The highest BCUT2D eigenvalue weighted by Crippen LogP contribution is 2.32. The van der Waals surface area contributed by atoms with Gasteiger partial charge in [-0.3, -0.25) is 10.1 Å². The molecule has 2 aliphatic rings. The maximum Gasteiger partial charge on any atom is 0.276 e. The number of para-hydroxylation sites is 1. The third-order valence-electron chi connectivity index (χ3n) is 4.58. The number of rotatable bonds is 3. The second-order valence-corrected chi connectivity index (χ2v) is 8.23. The SMILES string of the molecule is O=C1NC(SCc2ccccc2)=NN2C1=c1ccccc1=NC2c1ccc(Br)o1. The lowest BCUT2D eigenvalue weighted by Gasteiger charge is -2.32. The second kappa shape index (κ2) is 7.53. The molecule has 144 valence electrons. The molecule has 2 aromatic carbocycles. The van der Waals surface area contributed by atoms with Gasteiger partial charge in [0.15, 0.2) is 15.6 Å². The largest absolute Gasteiger partial charge is 0.450 e. The van der Waals surface area contributed by atoms with Gasteiger partial charge in [0.05, 0.1) is 5.36 Å². The van der Waals surface area contributed by atoms with E-state index in [0.29, 0.717) is 27.0 Å². The Balaban J connectivity index is 1.57. The summed E-state index contributed by atoms with van der Waals surface area (Å²) < 4.78 is 6.35. The number of furan rings is 1. The zero-order chi connectivity index (χ0) is 19.8. The predicted molar refractivity (Wildman–Crippen MR) is 115 cm³/mol. The third kappa shape index (κ3) is 3.49. The van der Waals surface area contributed by atoms with Crippen LogP contribution in [0.2, 0.25) is 0 Å². The van der Waals surface area contributed by atoms with Crippen LogP contribution in [0, 0.1) is 0 Å². The standard InChI is InChI=1S/C21H15BrN4O2S/c22-17-11-10-16(28-17)19-23-15-9-5-4-8-14(15)18-20(27)24-21(25-26(18)19)29-12-13-6-2-1-3-7-13/h1-11,19H,12H2,(H,24,25,27). The number of nitrogens with one attached hydrogen (secondary N) is 1. The summed E-state index contributed by atoms with van der Waals surface area (Å²) in [6.45, 7) is 0. The van der Waals surface area contributed by atoms with E-state index < -0.39 is 6.17 Å². The Kier molecular flexibility index (Phi) is 4.73. The summed E-state index contributed by atoms with van der Waals surface area (Å²) in [5, 5.41) is 11.3. The Morgan fingerprint density at radius 2 is 1.86 bits per heavy atom. The number of amides is 1. The monoisotopic (exact) mass is 466 g/mol. The highest BCUT2D eigenvalue weighted by molar-refractivity contribution is 9.10. The average molecular weight is 467 g/mol. The second-order valence-electron chi connectivity index (χ2n) is 6.49. The zero-order valence-corrected chi connectivity index (χ0v) is 17.5. The molecule has 0 aliphatic carbocycles. The maximum absolute atomic E-state index is 13.0. The van der Waals surface area contributed by atoms with E-state index in [4.69, 9.17) is 14.5 Å². The van der Waals surface area contributed by atoms with Crippen LogP contribution in [-0.4, -0.2) is 16.1 Å². The van der Waals surface area contributed by atoms with Crippen LogP contribution in [0.3, 0.4) is 0 Å². The first-order valence-corrected chi connectivity index (χ1v) is 10.8. The minimum atomic E-state index is -0.551. The molecular formula is C21H15BrN4O2S. The van der Waals surface area contributed by atoms with E-state index in [1.807, 2.05) is 66.7 Å². The van der Waals surface area contributed by atoms with Gasteiger partial charge in [-0.1, -0.05) is 60.3 Å². The van der Waals surface area contributed by atoms with Crippen LogP contribution in [0.4, 0.5) is 0 Å². The van der Waals surface area contributed by atoms with Crippen LogP contribution in [0.5, 0.6) is 0 Å². The van der Waals surface area contributed by atoms with Crippen molar-refractivity contribution in [2.75, 3.05) is 0 Å². The number of amidine groups is 1. The van der Waals surface area contributed by atoms with Gasteiger partial charge in [-0.15, -0.1) is 5.10 Å². The quantitative estimate of drug-likeness (QED) is 0.643. The molecule has 1 aromatic heterocycles. The van der Waals surface area contributed by atoms with Crippen molar-refractivity contribution in [3.8, 4) is 0 Å². The average Bonchev–Trinajstić information content (AvgIpc) is 3.18. The van der Waals surface area contributed by atoms with Gasteiger partial charge < -0.3 is 4.42 Å². The van der Waals surface area contributed by atoms with E-state index in [2.05, 4.69) is 21.2 Å². The topological polar surface area (TPSA) is 70.2 Å². The fourth-order valence-corrected chi connectivity index (χ4v) is 4.40. The lowest BCUT2D eigenvalue weighted by molar-refractivity contribution is -0.116. The maximum atomic E-state index is 13.0. The number of fused-ring (bicyclic) bond motifs is 2. The lowest BCUT2D eigenvalue weighted by Crippen LogP contribution is -2.50. The minimum absolute atomic E-state index is 0.200. The van der Waals surface area contributed by atoms with Gasteiger partial charge >= 0.3 is 0 Å². The molecule has 29 heavy (non-hydrogen) atoms. The molecule has 0 bridgehead atoms. The van der Waals surface area contributed by atoms with E-state index in [1.54, 1.807) is 5.01 Å². The van der Waals surface area contributed by atoms with Crippen molar-refractivity contribution in [1.29, 1.82) is 0 Å². The number of carbonyl (C=O) groups is 1. The molecule has 1 amide bonds. The minimum Gasteiger partial charge on any atom is -0.450 e. The van der Waals surface area contributed by atoms with Crippen molar-refractivity contribution in [3.05, 3.63) is 93.3 Å². The Morgan fingerprint density at radius 1 is 1.07 bits per heavy atom. The van der Waals surface area contributed by atoms with Gasteiger partial charge in [0, 0.05) is 11.0 Å². The fourth-order valence-electron chi connectivity index (χ4n) is 3.27. The number of hydrazone groups is 1. The molecule has 0 spiro atoms. The van der Waals surface area contributed by atoms with Crippen molar-refractivity contribution in [2.45, 2.75) is 11.9 Å². The van der Waals surface area contributed by atoms with Crippen molar-refractivity contribution in [1.82, 2.24) is 10.3 Å². The lowest BCUT2D eigenvalue weighted by atomic mass is 10.1. The predicted octanol–water partition coefficient (Wildman–Crippen LogP) is 3.12. The first kappa shape index (κ1) is 18.2. The molecule has 0 saturated carbocycles. The van der Waals surface area contributed by atoms with Crippen LogP contribution in [0.1, 0.15) is 17.5 Å². The van der Waals surface area contributed by atoms with Gasteiger partial charge in [0.2, 0.25) is 6.17 Å². The van der Waals surface area contributed by atoms with E-state index in [1.165, 1.54) is 11.8 Å². The van der Waals surface area contributed by atoms with Crippen molar-refractivity contribution >= 4 is 44.5 Å². The summed E-state index contributed by atoms with van der Waals surface area (Å²) in [7, 11) is 0. The summed E-state index contributed by atoms with van der Waals surface area (Å²) in [6, 6.07) is 21.3. The highest BCUT2D eigenvalue weighted by atomic mass is 79.9. The van der Waals surface area contributed by atoms with E-state index in [-0.39, 0.29) is 5.91 Å². The summed E-state index contributed by atoms with van der Waals surface area (Å²) in [5.74, 6) is 1.11. The molecule has 2 aliphatic heterocycles. The number of thioether (sulfide) groups is 1. The van der Waals surface area contributed by atoms with Crippen LogP contribution >= 0.6 is 27.7 Å². The molecule has 1 atom stereocenters. The summed E-state index contributed by atoms with van der Waals surface area (Å²) in [4.78, 5) is 17.8. The summed E-state index contributed by atoms with van der Waals surface area (Å²) in [5.41, 5.74) is 1.63. The van der Waals surface area contributed by atoms with Crippen molar-refractivity contribution in [3.63, 3.8) is 0 Å². The molecule has 3 heterocycles. The number of carbonyl (C=O) groups excluding carboxylic acids is 1. The molecular weight excluding hydrogens is 452 g/mol. The highest BCUT2D eigenvalue weighted by Gasteiger charge is 2.35. The van der Waals surface area contributed by atoms with Crippen molar-refractivity contribution in [2.24, 2.45) is 10.1 Å². The first-order chi connectivity index (χ1) is 14.2. The van der Waals surface area contributed by atoms with E-state index in [9.17, 15) is 4.79 Å². The number of benzene rings is 2. The Labute approximate surface area is 179 Å². The van der Waals surface area contributed by atoms with Crippen LogP contribution < -0.4 is 15.9 Å². The number of nitrogens with zero attached hydrogens (tertiary/aromatic N) is 3. The van der Waals surface area contributed by atoms with Gasteiger partial charge in [0.25, 0.3) is 5.91 Å². The number of hydrogen-bond donors (Lipinski definition) is 1. The van der Waals surface area contributed by atoms with Crippen molar-refractivity contribution < 1.29 is 9.21 Å².